The zero-order chi connectivity index (χ0) is 23.0. The third-order valence-electron chi connectivity index (χ3n) is 6.33. The first-order chi connectivity index (χ1) is 16.1. The van der Waals surface area contributed by atoms with Gasteiger partial charge in [0.1, 0.15) is 0 Å². The van der Waals surface area contributed by atoms with Gasteiger partial charge in [0, 0.05) is 31.7 Å². The lowest BCUT2D eigenvalue weighted by molar-refractivity contribution is -0.133. The van der Waals surface area contributed by atoms with Crippen molar-refractivity contribution in [1.82, 2.24) is 15.1 Å². The van der Waals surface area contributed by atoms with Crippen LogP contribution >= 0.6 is 0 Å². The average Bonchev–Trinajstić information content (AvgIpc) is 2.87. The molecule has 0 aromatic heterocycles. The van der Waals surface area contributed by atoms with Crippen molar-refractivity contribution in [3.05, 3.63) is 108 Å². The molecule has 2 amide bonds. The molecule has 1 aliphatic heterocycles. The zero-order valence-corrected chi connectivity index (χ0v) is 19.1. The summed E-state index contributed by atoms with van der Waals surface area (Å²) in [5.74, 6) is 0.0675. The number of nitrogens with one attached hydrogen (secondary N) is 1. The lowest BCUT2D eigenvalue weighted by Crippen LogP contribution is -2.48. The molecule has 1 fully saturated rings. The van der Waals surface area contributed by atoms with Gasteiger partial charge in [-0.25, -0.2) is 0 Å². The molecule has 3 aromatic carbocycles. The van der Waals surface area contributed by atoms with E-state index in [4.69, 9.17) is 0 Å². The molecule has 170 valence electrons. The molecule has 0 unspecified atom stereocenters. The Kier molecular flexibility index (Phi) is 7.53. The molecule has 0 spiro atoms. The number of benzene rings is 3. The lowest BCUT2D eigenvalue weighted by atomic mass is 9.97. The summed E-state index contributed by atoms with van der Waals surface area (Å²) in [6, 6.07) is 29.7. The molecule has 3 aromatic rings. The van der Waals surface area contributed by atoms with Crippen LogP contribution in [0.15, 0.2) is 91.0 Å². The van der Waals surface area contributed by atoms with E-state index in [1.165, 1.54) is 0 Å². The summed E-state index contributed by atoms with van der Waals surface area (Å²) in [6.45, 7) is 1.97. The summed E-state index contributed by atoms with van der Waals surface area (Å²) >= 11 is 0. The van der Waals surface area contributed by atoms with Crippen molar-refractivity contribution in [2.45, 2.75) is 24.9 Å². The Bertz CT molecular complexity index is 993. The monoisotopic (exact) mass is 441 g/mol. The predicted molar refractivity (Wildman–Crippen MR) is 131 cm³/mol. The van der Waals surface area contributed by atoms with Crippen LogP contribution in [0.25, 0.3) is 0 Å². The fourth-order valence-corrected chi connectivity index (χ4v) is 4.45. The number of amides is 2. The average molecular weight is 442 g/mol. The number of rotatable bonds is 7. The van der Waals surface area contributed by atoms with E-state index in [2.05, 4.69) is 34.5 Å². The number of carbonyl (C=O) groups excluding carboxylic acids is 2. The molecule has 5 nitrogen and oxygen atoms in total. The van der Waals surface area contributed by atoms with Crippen LogP contribution in [0.2, 0.25) is 0 Å². The maximum absolute atomic E-state index is 13.3. The molecule has 0 atom stereocenters. The van der Waals surface area contributed by atoms with Gasteiger partial charge in [0.2, 0.25) is 5.91 Å². The van der Waals surface area contributed by atoms with Gasteiger partial charge in [-0.15, -0.1) is 0 Å². The number of nitrogens with zero attached hydrogens (tertiary/aromatic N) is 2. The summed E-state index contributed by atoms with van der Waals surface area (Å²) in [7, 11) is 1.89. The first kappa shape index (κ1) is 22.7. The van der Waals surface area contributed by atoms with Crippen LogP contribution in [0.3, 0.4) is 0 Å². The highest BCUT2D eigenvalue weighted by Crippen LogP contribution is 2.27. The highest BCUT2D eigenvalue weighted by Gasteiger charge is 2.27. The summed E-state index contributed by atoms with van der Waals surface area (Å²) < 4.78 is 0. The summed E-state index contributed by atoms with van der Waals surface area (Å²) in [6.07, 6.45) is 1.69. The summed E-state index contributed by atoms with van der Waals surface area (Å²) in [5, 5.41) is 3.13. The van der Waals surface area contributed by atoms with E-state index in [9.17, 15) is 9.59 Å². The molecule has 0 bridgehead atoms. The molecule has 0 radical (unpaired) electrons. The SMILES string of the molecule is CN(C(=O)CN1CCC(NC(=O)c2ccccc2)CC1)C(c1ccccc1)c1ccccc1. The number of likely N-dealkylation sites (N-methyl/N-ethyl adjacent to an activating group) is 1. The van der Waals surface area contributed by atoms with Gasteiger partial charge in [-0.3, -0.25) is 14.5 Å². The molecule has 0 aliphatic carbocycles. The van der Waals surface area contributed by atoms with Crippen molar-refractivity contribution in [3.63, 3.8) is 0 Å². The molecular weight excluding hydrogens is 410 g/mol. The van der Waals surface area contributed by atoms with Crippen LogP contribution in [0.1, 0.15) is 40.4 Å². The molecule has 33 heavy (non-hydrogen) atoms. The molecule has 1 saturated heterocycles. The van der Waals surface area contributed by atoms with Gasteiger partial charge < -0.3 is 10.2 Å². The molecule has 5 heteroatoms. The second kappa shape index (κ2) is 10.9. The Balaban J connectivity index is 1.34. The van der Waals surface area contributed by atoms with Crippen LogP contribution in [0.5, 0.6) is 0 Å². The van der Waals surface area contributed by atoms with E-state index >= 15 is 0 Å². The predicted octanol–water partition coefficient (Wildman–Crippen LogP) is 4.13. The van der Waals surface area contributed by atoms with Crippen molar-refractivity contribution < 1.29 is 9.59 Å². The van der Waals surface area contributed by atoms with Gasteiger partial charge in [0.15, 0.2) is 0 Å². The van der Waals surface area contributed by atoms with Crippen LogP contribution in [-0.2, 0) is 4.79 Å². The smallest absolute Gasteiger partial charge is 0.251 e. The van der Waals surface area contributed by atoms with Crippen molar-refractivity contribution in [1.29, 1.82) is 0 Å². The highest BCUT2D eigenvalue weighted by molar-refractivity contribution is 5.94. The van der Waals surface area contributed by atoms with Crippen molar-refractivity contribution >= 4 is 11.8 Å². The van der Waals surface area contributed by atoms with Gasteiger partial charge in [-0.1, -0.05) is 78.9 Å². The van der Waals surface area contributed by atoms with Crippen molar-refractivity contribution in [2.75, 3.05) is 26.7 Å². The minimum atomic E-state index is -0.123. The van der Waals surface area contributed by atoms with E-state index in [0.29, 0.717) is 12.1 Å². The van der Waals surface area contributed by atoms with E-state index in [1.54, 1.807) is 0 Å². The van der Waals surface area contributed by atoms with Gasteiger partial charge in [-0.05, 0) is 36.1 Å². The fraction of sp³-hybridized carbons (Fsp3) is 0.286. The minimum absolute atomic E-state index is 0.0292. The molecule has 1 heterocycles. The molecule has 1 N–H and O–H groups in total. The van der Waals surface area contributed by atoms with E-state index in [-0.39, 0.29) is 23.9 Å². The van der Waals surface area contributed by atoms with Gasteiger partial charge in [-0.2, -0.15) is 0 Å². The van der Waals surface area contributed by atoms with Gasteiger partial charge in [0.05, 0.1) is 12.6 Å². The normalized spacial score (nSPS) is 14.7. The van der Waals surface area contributed by atoms with Gasteiger partial charge >= 0.3 is 0 Å². The van der Waals surface area contributed by atoms with Crippen LogP contribution in [-0.4, -0.2) is 54.3 Å². The van der Waals surface area contributed by atoms with E-state index in [1.807, 2.05) is 78.7 Å². The highest BCUT2D eigenvalue weighted by atomic mass is 16.2. The van der Waals surface area contributed by atoms with Crippen molar-refractivity contribution in [2.24, 2.45) is 0 Å². The first-order valence-corrected chi connectivity index (χ1v) is 11.6. The van der Waals surface area contributed by atoms with Crippen LogP contribution < -0.4 is 5.32 Å². The maximum Gasteiger partial charge on any atom is 0.251 e. The summed E-state index contributed by atoms with van der Waals surface area (Å²) in [5.41, 5.74) is 2.88. The van der Waals surface area contributed by atoms with Gasteiger partial charge in [0.25, 0.3) is 5.91 Å². The molecule has 0 saturated carbocycles. The number of likely N-dealkylation sites (tertiary alicyclic amines) is 1. The largest absolute Gasteiger partial charge is 0.349 e. The third kappa shape index (κ3) is 5.88. The number of piperidine rings is 1. The fourth-order valence-electron chi connectivity index (χ4n) is 4.45. The number of hydrogen-bond acceptors (Lipinski definition) is 3. The van der Waals surface area contributed by atoms with Crippen LogP contribution in [0.4, 0.5) is 0 Å². The van der Waals surface area contributed by atoms with Crippen LogP contribution in [0, 0.1) is 0 Å². The lowest BCUT2D eigenvalue weighted by Gasteiger charge is -2.35. The molecule has 1 aliphatic rings. The second-order valence-electron chi connectivity index (χ2n) is 8.62. The molecule has 4 rings (SSSR count). The second-order valence-corrected chi connectivity index (χ2v) is 8.62. The molecular formula is C28H31N3O2. The Morgan fingerprint density at radius 1 is 0.848 bits per heavy atom. The minimum Gasteiger partial charge on any atom is -0.349 e. The maximum atomic E-state index is 13.3. The topological polar surface area (TPSA) is 52.7 Å². The Morgan fingerprint density at radius 2 is 1.33 bits per heavy atom. The Labute approximate surface area is 196 Å². The standard InChI is InChI=1S/C28H31N3O2/c1-30(27(22-11-5-2-6-12-22)23-13-7-3-8-14-23)26(32)21-31-19-17-25(18-20-31)29-28(33)24-15-9-4-10-16-24/h2-16,25,27H,17-21H2,1H3,(H,29,33). The van der Waals surface area contributed by atoms with Crippen molar-refractivity contribution in [3.8, 4) is 0 Å². The third-order valence-corrected chi connectivity index (χ3v) is 6.33. The van der Waals surface area contributed by atoms with E-state index < -0.39 is 0 Å². The quantitative estimate of drug-likeness (QED) is 0.600. The zero-order valence-electron chi connectivity index (χ0n) is 19.1. The first-order valence-electron chi connectivity index (χ1n) is 11.6. The number of hydrogen-bond donors (Lipinski definition) is 1. The Hall–Kier alpha value is -3.44. The Morgan fingerprint density at radius 3 is 1.85 bits per heavy atom. The summed E-state index contributed by atoms with van der Waals surface area (Å²) in [4.78, 5) is 29.7. The number of carbonyl (C=O) groups is 2. The van der Waals surface area contributed by atoms with E-state index in [0.717, 1.165) is 37.1 Å².